The molecule has 3 aromatic carbocycles. The Bertz CT molecular complexity index is 1410. The lowest BCUT2D eigenvalue weighted by atomic mass is 10.0. The highest BCUT2D eigenvalue weighted by atomic mass is 16.2. The van der Waals surface area contributed by atoms with Gasteiger partial charge in [0.15, 0.2) is 0 Å². The van der Waals surface area contributed by atoms with E-state index in [9.17, 15) is 9.59 Å². The predicted molar refractivity (Wildman–Crippen MR) is 146 cm³/mol. The van der Waals surface area contributed by atoms with Crippen LogP contribution in [0.2, 0.25) is 0 Å². The lowest BCUT2D eigenvalue weighted by Crippen LogP contribution is -2.39. The molecule has 0 spiro atoms. The van der Waals surface area contributed by atoms with Crippen LogP contribution in [0.1, 0.15) is 38.4 Å². The van der Waals surface area contributed by atoms with Gasteiger partial charge in [-0.2, -0.15) is 5.10 Å². The minimum Gasteiger partial charge on any atom is -0.320 e. The number of aryl methyl sites for hydroxylation is 3. The number of aromatic nitrogens is 2. The van der Waals surface area contributed by atoms with Crippen LogP contribution in [0.3, 0.4) is 0 Å². The maximum Gasteiger partial charge on any atom is 0.322 e. The molecule has 4 aromatic rings. The zero-order valence-electron chi connectivity index (χ0n) is 21.4. The van der Waals surface area contributed by atoms with E-state index < -0.39 is 0 Å². The summed E-state index contributed by atoms with van der Waals surface area (Å²) in [7, 11) is 1.93. The van der Waals surface area contributed by atoms with Crippen LogP contribution in [-0.2, 0) is 26.6 Å². The van der Waals surface area contributed by atoms with Crippen molar-refractivity contribution in [1.82, 2.24) is 14.7 Å². The molecule has 1 aliphatic heterocycles. The van der Waals surface area contributed by atoms with Crippen molar-refractivity contribution in [3.05, 3.63) is 113 Å². The van der Waals surface area contributed by atoms with Crippen LogP contribution in [0, 0.1) is 13.8 Å². The molecule has 0 bridgehead atoms. The number of anilines is 2. The van der Waals surface area contributed by atoms with Gasteiger partial charge in [0, 0.05) is 48.2 Å². The van der Waals surface area contributed by atoms with Crippen LogP contribution >= 0.6 is 0 Å². The summed E-state index contributed by atoms with van der Waals surface area (Å²) in [6, 6.07) is 24.9. The van der Waals surface area contributed by atoms with Crippen molar-refractivity contribution in [2.45, 2.75) is 33.4 Å². The van der Waals surface area contributed by atoms with E-state index in [1.807, 2.05) is 109 Å². The van der Waals surface area contributed by atoms with E-state index in [0.717, 1.165) is 39.5 Å². The smallest absolute Gasteiger partial charge is 0.320 e. The molecule has 2 heterocycles. The number of rotatable bonds is 5. The van der Waals surface area contributed by atoms with E-state index in [0.29, 0.717) is 31.6 Å². The highest BCUT2D eigenvalue weighted by Gasteiger charge is 2.29. The summed E-state index contributed by atoms with van der Waals surface area (Å²) >= 11 is 0. The molecule has 1 aromatic heterocycles. The van der Waals surface area contributed by atoms with Gasteiger partial charge in [-0.1, -0.05) is 53.6 Å². The third kappa shape index (κ3) is 5.26. The molecular formula is C30H31N5O2. The molecule has 0 saturated heterocycles. The largest absolute Gasteiger partial charge is 0.322 e. The van der Waals surface area contributed by atoms with Gasteiger partial charge in [0.1, 0.15) is 0 Å². The van der Waals surface area contributed by atoms with Crippen molar-refractivity contribution in [2.24, 2.45) is 7.05 Å². The number of para-hydroxylation sites is 1. The first-order chi connectivity index (χ1) is 17.9. The molecule has 7 nitrogen and oxygen atoms in total. The fourth-order valence-corrected chi connectivity index (χ4v) is 4.70. The Morgan fingerprint density at radius 2 is 1.57 bits per heavy atom. The lowest BCUT2D eigenvalue weighted by Gasteiger charge is -2.29. The molecule has 5 rings (SSSR count). The number of benzene rings is 3. The maximum atomic E-state index is 13.7. The van der Waals surface area contributed by atoms with Crippen LogP contribution in [0.15, 0.2) is 78.9 Å². The number of hydrogen-bond donors (Lipinski definition) is 1. The Morgan fingerprint density at radius 1 is 0.919 bits per heavy atom. The van der Waals surface area contributed by atoms with Crippen molar-refractivity contribution < 1.29 is 9.59 Å². The topological polar surface area (TPSA) is 70.5 Å². The van der Waals surface area contributed by atoms with Crippen molar-refractivity contribution >= 4 is 23.3 Å². The fraction of sp³-hybridized carbons (Fsp3) is 0.233. The third-order valence-corrected chi connectivity index (χ3v) is 6.83. The Labute approximate surface area is 217 Å². The van der Waals surface area contributed by atoms with Crippen molar-refractivity contribution in [3.8, 4) is 0 Å². The number of fused-ring (bicyclic) bond motifs is 1. The quantitative estimate of drug-likeness (QED) is 0.401. The number of carbonyl (C=O) groups is 2. The van der Waals surface area contributed by atoms with E-state index in [1.165, 1.54) is 0 Å². The maximum absolute atomic E-state index is 13.7. The zero-order chi connectivity index (χ0) is 25.9. The summed E-state index contributed by atoms with van der Waals surface area (Å²) < 4.78 is 1.89. The summed E-state index contributed by atoms with van der Waals surface area (Å²) in [5, 5.41) is 7.80. The molecule has 3 amide bonds. The normalized spacial score (nSPS) is 12.7. The van der Waals surface area contributed by atoms with Gasteiger partial charge in [0.05, 0.1) is 18.8 Å². The fourth-order valence-electron chi connectivity index (χ4n) is 4.70. The predicted octanol–water partition coefficient (Wildman–Crippen LogP) is 5.47. The Kier molecular flexibility index (Phi) is 6.77. The average Bonchev–Trinajstić information content (AvgIpc) is 3.23. The lowest BCUT2D eigenvalue weighted by molar-refractivity contribution is 0.0984. The van der Waals surface area contributed by atoms with Gasteiger partial charge < -0.3 is 15.1 Å². The summed E-state index contributed by atoms with van der Waals surface area (Å²) in [5.74, 6) is -0.0876. The summed E-state index contributed by atoms with van der Waals surface area (Å²) in [5.41, 5.74) is 7.35. The first-order valence-corrected chi connectivity index (χ1v) is 12.5. The number of urea groups is 1. The minimum atomic E-state index is -0.139. The molecular weight excluding hydrogens is 462 g/mol. The van der Waals surface area contributed by atoms with Gasteiger partial charge in [0.2, 0.25) is 0 Å². The molecule has 0 saturated carbocycles. The van der Waals surface area contributed by atoms with E-state index in [1.54, 1.807) is 4.90 Å². The summed E-state index contributed by atoms with van der Waals surface area (Å²) in [4.78, 5) is 30.3. The van der Waals surface area contributed by atoms with Gasteiger partial charge in [-0.3, -0.25) is 9.48 Å². The molecule has 0 radical (unpaired) electrons. The van der Waals surface area contributed by atoms with Gasteiger partial charge in [0.25, 0.3) is 5.91 Å². The number of nitrogens with one attached hydrogen (secondary N) is 1. The number of carbonyl (C=O) groups excluding carboxylic acids is 2. The average molecular weight is 494 g/mol. The zero-order valence-corrected chi connectivity index (χ0v) is 21.4. The van der Waals surface area contributed by atoms with Crippen LogP contribution in [0.25, 0.3) is 0 Å². The van der Waals surface area contributed by atoms with Crippen LogP contribution < -0.4 is 10.2 Å². The van der Waals surface area contributed by atoms with Crippen LogP contribution in [0.4, 0.5) is 16.2 Å². The van der Waals surface area contributed by atoms with Crippen molar-refractivity contribution in [1.29, 1.82) is 0 Å². The van der Waals surface area contributed by atoms with E-state index >= 15 is 0 Å². The molecule has 1 aliphatic rings. The number of hydrogen-bond acceptors (Lipinski definition) is 3. The van der Waals surface area contributed by atoms with E-state index in [4.69, 9.17) is 5.10 Å². The first kappa shape index (κ1) is 24.3. The van der Waals surface area contributed by atoms with Crippen molar-refractivity contribution in [2.75, 3.05) is 16.8 Å². The van der Waals surface area contributed by atoms with Gasteiger partial charge in [-0.25, -0.2) is 4.79 Å². The van der Waals surface area contributed by atoms with Gasteiger partial charge >= 0.3 is 6.03 Å². The highest BCUT2D eigenvalue weighted by Crippen LogP contribution is 2.27. The van der Waals surface area contributed by atoms with E-state index in [-0.39, 0.29) is 11.9 Å². The minimum absolute atomic E-state index is 0.0876. The SMILES string of the molecule is Cc1ccc(NC(=O)N2CCc3c(c(CN(C(=O)c4ccc(C)cc4)c4ccccc4)nn3C)C2)cc1. The third-order valence-electron chi connectivity index (χ3n) is 6.83. The van der Waals surface area contributed by atoms with Crippen molar-refractivity contribution in [3.63, 3.8) is 0 Å². The molecule has 37 heavy (non-hydrogen) atoms. The second-order valence-corrected chi connectivity index (χ2v) is 9.56. The first-order valence-electron chi connectivity index (χ1n) is 12.5. The molecule has 0 fully saturated rings. The monoisotopic (exact) mass is 493 g/mol. The second kappa shape index (κ2) is 10.3. The second-order valence-electron chi connectivity index (χ2n) is 9.56. The standard InChI is InChI=1S/C30H31N5O2/c1-21-9-13-23(14-10-21)29(36)35(25-7-5-4-6-8-25)20-27-26-19-34(18-17-28(26)33(3)32-27)30(37)31-24-15-11-22(2)12-16-24/h4-16H,17-20H2,1-3H3,(H,31,37). The Hall–Kier alpha value is -4.39. The summed E-state index contributed by atoms with van der Waals surface area (Å²) in [6.07, 6.45) is 0.706. The Balaban J connectivity index is 1.41. The van der Waals surface area contributed by atoms with Gasteiger partial charge in [-0.05, 0) is 50.2 Å². The van der Waals surface area contributed by atoms with E-state index in [2.05, 4.69) is 5.32 Å². The molecule has 0 aliphatic carbocycles. The highest BCUT2D eigenvalue weighted by molar-refractivity contribution is 6.06. The summed E-state index contributed by atoms with van der Waals surface area (Å²) in [6.45, 7) is 5.38. The Morgan fingerprint density at radius 3 is 2.24 bits per heavy atom. The van der Waals surface area contributed by atoms with Crippen LogP contribution in [-0.4, -0.2) is 33.2 Å². The molecule has 188 valence electrons. The molecule has 0 atom stereocenters. The van der Waals surface area contributed by atoms with Crippen LogP contribution in [0.5, 0.6) is 0 Å². The number of amides is 3. The molecule has 1 N–H and O–H groups in total. The van der Waals surface area contributed by atoms with Gasteiger partial charge in [-0.15, -0.1) is 0 Å². The molecule has 0 unspecified atom stereocenters. The number of nitrogens with zero attached hydrogens (tertiary/aromatic N) is 4. The molecule has 7 heteroatoms.